The molecule has 0 spiro atoms. The highest BCUT2D eigenvalue weighted by Gasteiger charge is 2.22. The summed E-state index contributed by atoms with van der Waals surface area (Å²) in [6, 6.07) is 20.0. The fraction of sp³-hybridized carbons (Fsp3) is 0.174. The molecule has 0 bridgehead atoms. The lowest BCUT2D eigenvalue weighted by Gasteiger charge is -2.19. The number of carbonyl (C=O) groups is 1. The maximum Gasteiger partial charge on any atom is 0.338 e. The highest BCUT2D eigenvalue weighted by molar-refractivity contribution is 7.89. The van der Waals surface area contributed by atoms with Gasteiger partial charge in [0, 0.05) is 18.6 Å². The van der Waals surface area contributed by atoms with Crippen LogP contribution in [0.4, 0.5) is 5.69 Å². The van der Waals surface area contributed by atoms with Crippen molar-refractivity contribution in [2.24, 2.45) is 0 Å². The Morgan fingerprint density at radius 1 is 1.00 bits per heavy atom. The highest BCUT2D eigenvalue weighted by atomic mass is 32.2. The number of nitrogens with one attached hydrogen (secondary N) is 1. The first kappa shape index (κ1) is 23.1. The Kier molecular flexibility index (Phi) is 7.34. The largest absolute Gasteiger partial charge is 0.462 e. The Hall–Kier alpha value is -3.56. The molecule has 3 aromatic carbocycles. The van der Waals surface area contributed by atoms with Crippen molar-refractivity contribution in [1.82, 2.24) is 4.72 Å². The molecule has 0 aliphatic rings. The molecule has 0 aliphatic carbocycles. The molecule has 0 saturated carbocycles. The van der Waals surface area contributed by atoms with Gasteiger partial charge in [-0.3, -0.25) is 10.1 Å². The van der Waals surface area contributed by atoms with E-state index in [0.717, 1.165) is 11.1 Å². The first-order chi connectivity index (χ1) is 15.3. The molecule has 32 heavy (non-hydrogen) atoms. The molecule has 0 unspecified atom stereocenters. The lowest BCUT2D eigenvalue weighted by atomic mass is 10.1. The number of ether oxygens (including phenoxy) is 1. The fourth-order valence-corrected chi connectivity index (χ4v) is 4.28. The third-order valence-corrected chi connectivity index (χ3v) is 6.27. The van der Waals surface area contributed by atoms with Gasteiger partial charge in [0.1, 0.15) is 0 Å². The number of aryl methyl sites for hydroxylation is 1. The van der Waals surface area contributed by atoms with Crippen LogP contribution in [0.5, 0.6) is 0 Å². The Morgan fingerprint density at radius 3 is 2.22 bits per heavy atom. The van der Waals surface area contributed by atoms with E-state index >= 15 is 0 Å². The van der Waals surface area contributed by atoms with Crippen molar-refractivity contribution in [1.29, 1.82) is 0 Å². The monoisotopic (exact) mass is 454 g/mol. The summed E-state index contributed by atoms with van der Waals surface area (Å²) in [5, 5.41) is 10.7. The molecular weight excluding hydrogens is 432 g/mol. The Bertz CT molecular complexity index is 1180. The summed E-state index contributed by atoms with van der Waals surface area (Å²) < 4.78 is 33.7. The standard InChI is InChI=1S/C23H22N2O6S/c1-17-7-13-21(14-8-17)32(29,30)24-22(18-5-3-2-4-6-18)15-16-31-23(26)19-9-11-20(12-10-19)25(27)28/h2-14,22,24H,15-16H2,1H3/t22-/m1/s1. The van der Waals surface area contributed by atoms with Crippen molar-refractivity contribution in [2.45, 2.75) is 24.3 Å². The van der Waals surface area contributed by atoms with Crippen molar-refractivity contribution in [2.75, 3.05) is 6.61 Å². The van der Waals surface area contributed by atoms with Gasteiger partial charge in [-0.05, 0) is 36.8 Å². The van der Waals surface area contributed by atoms with Crippen LogP contribution in [0.1, 0.15) is 33.9 Å². The molecule has 0 radical (unpaired) electrons. The number of benzene rings is 3. The van der Waals surface area contributed by atoms with Gasteiger partial charge in [-0.25, -0.2) is 17.9 Å². The summed E-state index contributed by atoms with van der Waals surface area (Å²) in [6.07, 6.45) is 0.202. The normalized spacial score (nSPS) is 12.2. The zero-order chi connectivity index (χ0) is 23.1. The summed E-state index contributed by atoms with van der Waals surface area (Å²) in [4.78, 5) is 22.6. The second-order valence-corrected chi connectivity index (χ2v) is 8.84. The molecule has 1 atom stereocenters. The zero-order valence-electron chi connectivity index (χ0n) is 17.3. The summed E-state index contributed by atoms with van der Waals surface area (Å²) in [6.45, 7) is 1.82. The first-order valence-corrected chi connectivity index (χ1v) is 11.3. The molecular formula is C23H22N2O6S. The predicted molar refractivity (Wildman–Crippen MR) is 119 cm³/mol. The maximum atomic E-state index is 12.9. The fourth-order valence-electron chi connectivity index (χ4n) is 3.02. The van der Waals surface area contributed by atoms with Crippen LogP contribution >= 0.6 is 0 Å². The van der Waals surface area contributed by atoms with Crippen LogP contribution in [-0.4, -0.2) is 25.9 Å². The van der Waals surface area contributed by atoms with Gasteiger partial charge >= 0.3 is 5.97 Å². The van der Waals surface area contributed by atoms with Gasteiger partial charge in [0.05, 0.1) is 28.0 Å². The number of nitrogens with zero attached hydrogens (tertiary/aromatic N) is 1. The lowest BCUT2D eigenvalue weighted by molar-refractivity contribution is -0.384. The van der Waals surface area contributed by atoms with Crippen LogP contribution in [-0.2, 0) is 14.8 Å². The second kappa shape index (κ2) is 10.2. The van der Waals surface area contributed by atoms with E-state index in [1.165, 1.54) is 36.4 Å². The summed E-state index contributed by atoms with van der Waals surface area (Å²) >= 11 is 0. The van der Waals surface area contributed by atoms with Crippen LogP contribution in [0.3, 0.4) is 0 Å². The minimum atomic E-state index is -3.79. The van der Waals surface area contributed by atoms with E-state index in [9.17, 15) is 23.3 Å². The van der Waals surface area contributed by atoms with E-state index < -0.39 is 27.0 Å². The first-order valence-electron chi connectivity index (χ1n) is 9.82. The molecule has 0 saturated heterocycles. The van der Waals surface area contributed by atoms with Gasteiger partial charge in [0.15, 0.2) is 0 Å². The molecule has 0 heterocycles. The maximum absolute atomic E-state index is 12.9. The number of hydrogen-bond donors (Lipinski definition) is 1. The van der Waals surface area contributed by atoms with Gasteiger partial charge in [-0.1, -0.05) is 48.0 Å². The van der Waals surface area contributed by atoms with Crippen molar-refractivity contribution >= 4 is 21.7 Å². The van der Waals surface area contributed by atoms with Gasteiger partial charge in [0.25, 0.3) is 5.69 Å². The Morgan fingerprint density at radius 2 is 1.62 bits per heavy atom. The highest BCUT2D eigenvalue weighted by Crippen LogP contribution is 2.21. The molecule has 0 aliphatic heterocycles. The van der Waals surface area contributed by atoms with E-state index in [0.29, 0.717) is 0 Å². The molecule has 166 valence electrons. The van der Waals surface area contributed by atoms with Crippen molar-refractivity contribution in [3.05, 3.63) is 106 Å². The van der Waals surface area contributed by atoms with Crippen molar-refractivity contribution in [3.8, 4) is 0 Å². The molecule has 0 fully saturated rings. The van der Waals surface area contributed by atoms with Gasteiger partial charge in [0.2, 0.25) is 10.0 Å². The smallest absolute Gasteiger partial charge is 0.338 e. The minimum Gasteiger partial charge on any atom is -0.462 e. The third-order valence-electron chi connectivity index (χ3n) is 4.78. The number of sulfonamides is 1. The number of esters is 1. The molecule has 8 nitrogen and oxygen atoms in total. The van der Waals surface area contributed by atoms with Gasteiger partial charge in [-0.2, -0.15) is 0 Å². The average molecular weight is 455 g/mol. The number of non-ortho nitro benzene ring substituents is 1. The SMILES string of the molecule is Cc1ccc(S(=O)(=O)N[C@H](CCOC(=O)c2ccc([N+](=O)[O-])cc2)c2ccccc2)cc1. The molecule has 9 heteroatoms. The second-order valence-electron chi connectivity index (χ2n) is 7.13. The third kappa shape index (κ3) is 5.99. The van der Waals surface area contributed by atoms with E-state index in [4.69, 9.17) is 4.74 Å². The molecule has 3 rings (SSSR count). The van der Waals surface area contributed by atoms with Crippen molar-refractivity contribution < 1.29 is 22.9 Å². The zero-order valence-corrected chi connectivity index (χ0v) is 18.1. The molecule has 1 N–H and O–H groups in total. The molecule has 0 amide bonds. The van der Waals surface area contributed by atoms with Crippen LogP contribution in [0.2, 0.25) is 0 Å². The van der Waals surface area contributed by atoms with E-state index in [1.807, 2.05) is 13.0 Å². The molecule has 3 aromatic rings. The number of hydrogen-bond acceptors (Lipinski definition) is 6. The van der Waals surface area contributed by atoms with Crippen LogP contribution in [0.15, 0.2) is 83.8 Å². The van der Waals surface area contributed by atoms with Crippen LogP contribution < -0.4 is 4.72 Å². The van der Waals surface area contributed by atoms with E-state index in [-0.39, 0.29) is 29.2 Å². The Balaban J connectivity index is 1.69. The average Bonchev–Trinajstić information content (AvgIpc) is 2.79. The molecule has 0 aromatic heterocycles. The quantitative estimate of drug-likeness (QED) is 0.295. The minimum absolute atomic E-state index is 0.0498. The van der Waals surface area contributed by atoms with Crippen molar-refractivity contribution in [3.63, 3.8) is 0 Å². The van der Waals surface area contributed by atoms with E-state index in [2.05, 4.69) is 4.72 Å². The summed E-state index contributed by atoms with van der Waals surface area (Å²) in [7, 11) is -3.79. The van der Waals surface area contributed by atoms with E-state index in [1.54, 1.807) is 36.4 Å². The van der Waals surface area contributed by atoms with Crippen LogP contribution in [0, 0.1) is 17.0 Å². The lowest BCUT2D eigenvalue weighted by Crippen LogP contribution is -2.29. The topological polar surface area (TPSA) is 116 Å². The van der Waals surface area contributed by atoms with Crippen LogP contribution in [0.25, 0.3) is 0 Å². The number of nitro benzene ring substituents is 1. The predicted octanol–water partition coefficient (Wildman–Crippen LogP) is 4.17. The summed E-state index contributed by atoms with van der Waals surface area (Å²) in [5.74, 6) is -0.645. The number of nitro groups is 1. The summed E-state index contributed by atoms with van der Waals surface area (Å²) in [5.41, 5.74) is 1.72. The van der Waals surface area contributed by atoms with Gasteiger partial charge in [-0.15, -0.1) is 0 Å². The van der Waals surface area contributed by atoms with Gasteiger partial charge < -0.3 is 4.74 Å². The number of rotatable bonds is 9. The Labute approximate surface area is 186 Å². The number of carbonyl (C=O) groups excluding carboxylic acids is 1.